The van der Waals surface area contributed by atoms with E-state index in [0.29, 0.717) is 18.5 Å². The number of aromatic nitrogens is 1. The summed E-state index contributed by atoms with van der Waals surface area (Å²) in [4.78, 5) is 14.2. The predicted molar refractivity (Wildman–Crippen MR) is 61.5 cm³/mol. The van der Waals surface area contributed by atoms with Gasteiger partial charge in [-0.1, -0.05) is 23.8 Å². The van der Waals surface area contributed by atoms with Crippen molar-refractivity contribution in [3.63, 3.8) is 0 Å². The van der Waals surface area contributed by atoms with Gasteiger partial charge in [0.1, 0.15) is 11.0 Å². The zero-order valence-electron chi connectivity index (χ0n) is 8.84. The maximum absolute atomic E-state index is 12.8. The fraction of sp³-hybridized carbons (Fsp3) is 0.273. The van der Waals surface area contributed by atoms with E-state index in [1.54, 1.807) is 12.2 Å². The van der Waals surface area contributed by atoms with Crippen molar-refractivity contribution in [1.82, 2.24) is 10.3 Å². The first-order valence-electron chi connectivity index (χ1n) is 4.81. The van der Waals surface area contributed by atoms with E-state index in [-0.39, 0.29) is 11.1 Å². The van der Waals surface area contributed by atoms with E-state index in [1.807, 2.05) is 0 Å². The fourth-order valence-corrected chi connectivity index (χ4v) is 1.26. The van der Waals surface area contributed by atoms with Crippen molar-refractivity contribution in [2.24, 2.45) is 0 Å². The number of rotatable bonds is 4. The number of pyridine rings is 1. The van der Waals surface area contributed by atoms with E-state index in [0.717, 1.165) is 6.20 Å². The Balaban J connectivity index is 2.49. The van der Waals surface area contributed by atoms with Crippen molar-refractivity contribution in [3.8, 4) is 0 Å². The molecule has 0 aliphatic heterocycles. The number of carbonyl (C=O) groups excluding carboxylic acids is 1. The van der Waals surface area contributed by atoms with E-state index < -0.39 is 5.82 Å². The van der Waals surface area contributed by atoms with Crippen LogP contribution in [0.1, 0.15) is 18.9 Å². The lowest BCUT2D eigenvalue weighted by Gasteiger charge is -1.98. The summed E-state index contributed by atoms with van der Waals surface area (Å²) in [6, 6.07) is 1.31. The fourth-order valence-electron chi connectivity index (χ4n) is 1.10. The van der Waals surface area contributed by atoms with Crippen molar-refractivity contribution in [3.05, 3.63) is 34.9 Å². The first-order chi connectivity index (χ1) is 7.59. The van der Waals surface area contributed by atoms with Gasteiger partial charge >= 0.3 is 0 Å². The molecule has 0 aliphatic carbocycles. The molecule has 1 aromatic heterocycles. The summed E-state index contributed by atoms with van der Waals surface area (Å²) in [5.74, 6) is -0.496. The molecule has 0 bridgehead atoms. The Hall–Kier alpha value is -1.42. The van der Waals surface area contributed by atoms with Crippen LogP contribution in [0.25, 0.3) is 6.08 Å². The molecule has 0 spiro atoms. The highest BCUT2D eigenvalue weighted by molar-refractivity contribution is 6.30. The van der Waals surface area contributed by atoms with Crippen LogP contribution >= 0.6 is 11.6 Å². The van der Waals surface area contributed by atoms with Gasteiger partial charge in [-0.25, -0.2) is 9.37 Å². The molecule has 0 saturated carbocycles. The Morgan fingerprint density at radius 3 is 3.12 bits per heavy atom. The highest BCUT2D eigenvalue weighted by Crippen LogP contribution is 2.15. The zero-order chi connectivity index (χ0) is 12.0. The maximum atomic E-state index is 12.8. The van der Waals surface area contributed by atoms with Crippen LogP contribution in [-0.2, 0) is 4.79 Å². The van der Waals surface area contributed by atoms with E-state index >= 15 is 0 Å². The van der Waals surface area contributed by atoms with Gasteiger partial charge in [-0.05, 0) is 12.5 Å². The van der Waals surface area contributed by atoms with Gasteiger partial charge in [0.25, 0.3) is 0 Å². The van der Waals surface area contributed by atoms with Crippen LogP contribution in [0.2, 0.25) is 5.15 Å². The molecule has 0 unspecified atom stereocenters. The minimum atomic E-state index is -0.425. The van der Waals surface area contributed by atoms with E-state index in [1.165, 1.54) is 13.0 Å². The zero-order valence-corrected chi connectivity index (χ0v) is 9.59. The Bertz CT molecular complexity index is 407. The number of nitrogens with zero attached hydrogens (tertiary/aromatic N) is 1. The number of hydrogen-bond donors (Lipinski definition) is 1. The Morgan fingerprint density at radius 1 is 1.69 bits per heavy atom. The predicted octanol–water partition coefficient (Wildman–Crippen LogP) is 2.41. The maximum Gasteiger partial charge on any atom is 0.216 e. The van der Waals surface area contributed by atoms with Crippen LogP contribution in [0.5, 0.6) is 0 Å². The van der Waals surface area contributed by atoms with Gasteiger partial charge in [-0.2, -0.15) is 0 Å². The Kier molecular flexibility index (Phi) is 4.92. The molecular weight excluding hydrogens is 231 g/mol. The number of halogens is 2. The minimum absolute atomic E-state index is 0.0705. The summed E-state index contributed by atoms with van der Waals surface area (Å²) in [5.41, 5.74) is 0.532. The first-order valence-corrected chi connectivity index (χ1v) is 5.19. The van der Waals surface area contributed by atoms with Crippen LogP contribution < -0.4 is 5.32 Å². The van der Waals surface area contributed by atoms with Crippen molar-refractivity contribution in [1.29, 1.82) is 0 Å². The van der Waals surface area contributed by atoms with E-state index in [4.69, 9.17) is 11.6 Å². The molecule has 86 valence electrons. The summed E-state index contributed by atoms with van der Waals surface area (Å²) < 4.78 is 12.8. The van der Waals surface area contributed by atoms with Gasteiger partial charge in [0.05, 0.1) is 6.20 Å². The van der Waals surface area contributed by atoms with Crippen LogP contribution in [0.3, 0.4) is 0 Å². The van der Waals surface area contributed by atoms with Gasteiger partial charge in [0.15, 0.2) is 0 Å². The molecule has 0 atom stereocenters. The number of amides is 1. The van der Waals surface area contributed by atoms with Crippen molar-refractivity contribution in [2.75, 3.05) is 6.54 Å². The molecule has 1 heterocycles. The Labute approximate surface area is 98.3 Å². The van der Waals surface area contributed by atoms with Crippen molar-refractivity contribution in [2.45, 2.75) is 13.3 Å². The van der Waals surface area contributed by atoms with Crippen molar-refractivity contribution < 1.29 is 9.18 Å². The smallest absolute Gasteiger partial charge is 0.216 e. The highest BCUT2D eigenvalue weighted by Gasteiger charge is 1.99. The van der Waals surface area contributed by atoms with Crippen molar-refractivity contribution >= 4 is 23.6 Å². The average molecular weight is 243 g/mol. The third kappa shape index (κ3) is 4.40. The van der Waals surface area contributed by atoms with Crippen LogP contribution in [0.4, 0.5) is 4.39 Å². The molecule has 0 radical (unpaired) electrons. The SMILES string of the molecule is CC(=O)NCCC=Cc1cc(F)cnc1Cl. The summed E-state index contributed by atoms with van der Waals surface area (Å²) in [5, 5.41) is 2.91. The third-order valence-corrected chi connectivity index (χ3v) is 2.13. The monoisotopic (exact) mass is 242 g/mol. The third-order valence-electron chi connectivity index (χ3n) is 1.82. The van der Waals surface area contributed by atoms with Crippen LogP contribution in [0.15, 0.2) is 18.3 Å². The normalized spacial score (nSPS) is 10.7. The Morgan fingerprint density at radius 2 is 2.44 bits per heavy atom. The molecule has 1 aromatic rings. The second-order valence-electron chi connectivity index (χ2n) is 3.21. The molecule has 0 aromatic carbocycles. The summed E-state index contributed by atoms with van der Waals surface area (Å²) in [6.45, 7) is 2.00. The quantitative estimate of drug-likeness (QED) is 0.651. The summed E-state index contributed by atoms with van der Waals surface area (Å²) >= 11 is 5.76. The van der Waals surface area contributed by atoms with Gasteiger partial charge in [0, 0.05) is 19.0 Å². The van der Waals surface area contributed by atoms with E-state index in [9.17, 15) is 9.18 Å². The molecule has 0 fully saturated rings. The van der Waals surface area contributed by atoms with Gasteiger partial charge in [-0.15, -0.1) is 0 Å². The molecule has 0 aliphatic rings. The lowest BCUT2D eigenvalue weighted by molar-refractivity contribution is -0.118. The standard InChI is InChI=1S/C11H12ClFN2O/c1-8(16)14-5-3-2-4-9-6-10(13)7-15-11(9)12/h2,4,6-7H,3,5H2,1H3,(H,14,16). The molecular formula is C11H12ClFN2O. The molecule has 5 heteroatoms. The van der Waals surface area contributed by atoms with Crippen LogP contribution in [-0.4, -0.2) is 17.4 Å². The first kappa shape index (κ1) is 12.6. The largest absolute Gasteiger partial charge is 0.356 e. The topological polar surface area (TPSA) is 42.0 Å². The molecule has 0 saturated heterocycles. The molecule has 16 heavy (non-hydrogen) atoms. The number of hydrogen-bond acceptors (Lipinski definition) is 2. The molecule has 3 nitrogen and oxygen atoms in total. The second-order valence-corrected chi connectivity index (χ2v) is 3.57. The van der Waals surface area contributed by atoms with Crippen LogP contribution in [0, 0.1) is 5.82 Å². The van der Waals surface area contributed by atoms with Gasteiger partial charge < -0.3 is 5.32 Å². The van der Waals surface area contributed by atoms with E-state index in [2.05, 4.69) is 10.3 Å². The molecule has 1 N–H and O–H groups in total. The lowest BCUT2D eigenvalue weighted by atomic mass is 10.2. The molecule has 1 amide bonds. The van der Waals surface area contributed by atoms with Gasteiger partial charge in [0.2, 0.25) is 5.91 Å². The minimum Gasteiger partial charge on any atom is -0.356 e. The van der Waals surface area contributed by atoms with Gasteiger partial charge in [-0.3, -0.25) is 4.79 Å². The molecule has 1 rings (SSSR count). The summed E-state index contributed by atoms with van der Waals surface area (Å²) in [6.07, 6.45) is 5.21. The average Bonchev–Trinajstić information content (AvgIpc) is 2.22. The summed E-state index contributed by atoms with van der Waals surface area (Å²) in [7, 11) is 0. The lowest BCUT2D eigenvalue weighted by Crippen LogP contribution is -2.20. The second kappa shape index (κ2) is 6.23. The number of nitrogens with one attached hydrogen (secondary N) is 1. The highest BCUT2D eigenvalue weighted by atomic mass is 35.5. The number of carbonyl (C=O) groups is 1.